The minimum Gasteiger partial charge on any atom is -0.493 e. The highest BCUT2D eigenvalue weighted by Crippen LogP contribution is 2.66. The van der Waals surface area contributed by atoms with Crippen LogP contribution in [0, 0.1) is 17.3 Å². The Balaban J connectivity index is 1.63. The first-order valence-corrected chi connectivity index (χ1v) is 8.69. The van der Waals surface area contributed by atoms with Crippen LogP contribution in [0.25, 0.3) is 0 Å². The van der Waals surface area contributed by atoms with E-state index in [4.69, 9.17) is 16.3 Å². The first-order valence-electron chi connectivity index (χ1n) is 8.31. The molecule has 0 bridgehead atoms. The summed E-state index contributed by atoms with van der Waals surface area (Å²) >= 11 is 6.02. The summed E-state index contributed by atoms with van der Waals surface area (Å²) in [6, 6.07) is 5.37. The maximum atomic E-state index is 12.4. The van der Waals surface area contributed by atoms with Gasteiger partial charge in [0.05, 0.1) is 12.8 Å². The van der Waals surface area contributed by atoms with E-state index >= 15 is 0 Å². The smallest absolute Gasteiger partial charge is 0.244 e. The average Bonchev–Trinajstić information content (AvgIpc) is 3.15. The van der Waals surface area contributed by atoms with Crippen LogP contribution in [0.15, 0.2) is 23.3 Å². The number of carbonyl (C=O) groups excluding carboxylic acids is 1. The molecule has 1 aromatic carbocycles. The molecule has 2 fully saturated rings. The molecule has 0 aliphatic heterocycles. The van der Waals surface area contributed by atoms with Gasteiger partial charge in [-0.05, 0) is 49.3 Å². The van der Waals surface area contributed by atoms with Crippen molar-refractivity contribution in [3.8, 4) is 5.75 Å². The summed E-state index contributed by atoms with van der Waals surface area (Å²) in [7, 11) is 0. The quantitative estimate of drug-likeness (QED) is 0.653. The Bertz CT molecular complexity index is 631. The van der Waals surface area contributed by atoms with Crippen LogP contribution in [0.5, 0.6) is 5.75 Å². The van der Waals surface area contributed by atoms with Crippen LogP contribution in [0.4, 0.5) is 0 Å². The van der Waals surface area contributed by atoms with Crippen molar-refractivity contribution >= 4 is 23.7 Å². The molecule has 1 amide bonds. The van der Waals surface area contributed by atoms with E-state index in [0.29, 0.717) is 23.3 Å². The van der Waals surface area contributed by atoms with Gasteiger partial charge >= 0.3 is 0 Å². The number of carbonyl (C=O) groups is 1. The fourth-order valence-corrected chi connectivity index (χ4v) is 4.17. The molecule has 1 N–H and O–H groups in total. The van der Waals surface area contributed by atoms with Gasteiger partial charge in [-0.1, -0.05) is 31.4 Å². The van der Waals surface area contributed by atoms with Gasteiger partial charge < -0.3 is 4.74 Å². The SMILES string of the molecule is CCOc1ccc(Cl)cc1/C=N\NC(=O)[C@@H]1[C@H]2CCCC[C@@]21C. The molecular weight excluding hydrogens is 312 g/mol. The minimum absolute atomic E-state index is 0.0376. The summed E-state index contributed by atoms with van der Waals surface area (Å²) in [6.45, 7) is 4.72. The Hall–Kier alpha value is -1.55. The van der Waals surface area contributed by atoms with Crippen molar-refractivity contribution in [1.29, 1.82) is 0 Å². The molecule has 0 radical (unpaired) electrons. The number of hydrazone groups is 1. The van der Waals surface area contributed by atoms with E-state index in [9.17, 15) is 4.79 Å². The summed E-state index contributed by atoms with van der Waals surface area (Å²) < 4.78 is 5.54. The number of halogens is 1. The number of rotatable bonds is 5. The molecule has 0 spiro atoms. The first kappa shape index (κ1) is 16.3. The van der Waals surface area contributed by atoms with Crippen molar-refractivity contribution < 1.29 is 9.53 Å². The highest BCUT2D eigenvalue weighted by molar-refractivity contribution is 6.30. The molecule has 1 aromatic rings. The van der Waals surface area contributed by atoms with Gasteiger partial charge in [0, 0.05) is 16.5 Å². The van der Waals surface area contributed by atoms with Crippen LogP contribution >= 0.6 is 11.6 Å². The zero-order valence-corrected chi connectivity index (χ0v) is 14.4. The number of amides is 1. The lowest BCUT2D eigenvalue weighted by molar-refractivity contribution is -0.123. The molecule has 3 rings (SSSR count). The van der Waals surface area contributed by atoms with Crippen LogP contribution < -0.4 is 10.2 Å². The topological polar surface area (TPSA) is 50.7 Å². The summed E-state index contributed by atoms with van der Waals surface area (Å²) in [5, 5.41) is 4.73. The number of hydrogen-bond donors (Lipinski definition) is 1. The molecule has 0 saturated heterocycles. The third-order valence-corrected chi connectivity index (χ3v) is 5.50. The van der Waals surface area contributed by atoms with E-state index in [-0.39, 0.29) is 17.2 Å². The Kier molecular flexibility index (Phi) is 4.62. The molecule has 5 heteroatoms. The number of nitrogens with zero attached hydrogens (tertiary/aromatic N) is 1. The summed E-state index contributed by atoms with van der Waals surface area (Å²) in [5.41, 5.74) is 3.66. The van der Waals surface area contributed by atoms with Crippen LogP contribution in [0.2, 0.25) is 5.02 Å². The third-order valence-electron chi connectivity index (χ3n) is 5.26. The summed E-state index contributed by atoms with van der Waals surface area (Å²) in [5.74, 6) is 1.40. The van der Waals surface area contributed by atoms with Crippen molar-refractivity contribution in [2.45, 2.75) is 39.5 Å². The molecule has 2 aliphatic rings. The molecule has 2 aliphatic carbocycles. The average molecular weight is 335 g/mol. The second-order valence-electron chi connectivity index (χ2n) is 6.69. The maximum Gasteiger partial charge on any atom is 0.244 e. The van der Waals surface area contributed by atoms with Crippen molar-refractivity contribution in [3.05, 3.63) is 28.8 Å². The predicted octanol–water partition coefficient (Wildman–Crippen LogP) is 4.02. The second kappa shape index (κ2) is 6.52. The lowest BCUT2D eigenvalue weighted by Crippen LogP contribution is -2.22. The molecule has 0 aromatic heterocycles. The number of fused-ring (bicyclic) bond motifs is 1. The molecule has 124 valence electrons. The third kappa shape index (κ3) is 3.23. The van der Waals surface area contributed by atoms with Crippen LogP contribution in [-0.4, -0.2) is 18.7 Å². The van der Waals surface area contributed by atoms with Crippen molar-refractivity contribution in [1.82, 2.24) is 5.43 Å². The first-order chi connectivity index (χ1) is 11.1. The summed E-state index contributed by atoms with van der Waals surface area (Å²) in [6.07, 6.45) is 6.40. The van der Waals surface area contributed by atoms with E-state index in [1.54, 1.807) is 18.3 Å². The highest BCUT2D eigenvalue weighted by Gasteiger charge is 2.64. The molecule has 2 saturated carbocycles. The molecule has 4 nitrogen and oxygen atoms in total. The lowest BCUT2D eigenvalue weighted by atomic mass is 9.90. The fraction of sp³-hybridized carbons (Fsp3) is 0.556. The normalized spacial score (nSPS) is 29.2. The molecule has 3 atom stereocenters. The molecular formula is C18H23ClN2O2. The zero-order valence-electron chi connectivity index (χ0n) is 13.6. The highest BCUT2D eigenvalue weighted by atomic mass is 35.5. The van der Waals surface area contributed by atoms with Gasteiger partial charge in [-0.15, -0.1) is 0 Å². The van der Waals surface area contributed by atoms with Gasteiger partial charge in [0.2, 0.25) is 5.91 Å². The van der Waals surface area contributed by atoms with Gasteiger partial charge in [0.1, 0.15) is 5.75 Å². The van der Waals surface area contributed by atoms with Crippen LogP contribution in [-0.2, 0) is 4.79 Å². The molecule has 23 heavy (non-hydrogen) atoms. The zero-order chi connectivity index (χ0) is 16.4. The van der Waals surface area contributed by atoms with Crippen LogP contribution in [0.3, 0.4) is 0 Å². The van der Waals surface area contributed by atoms with Gasteiger partial charge in [0.15, 0.2) is 0 Å². The number of ether oxygens (including phenoxy) is 1. The Morgan fingerprint density at radius 2 is 2.35 bits per heavy atom. The largest absolute Gasteiger partial charge is 0.493 e. The molecule has 0 heterocycles. The fourth-order valence-electron chi connectivity index (χ4n) is 3.99. The monoisotopic (exact) mass is 334 g/mol. The number of nitrogens with one attached hydrogen (secondary N) is 1. The minimum atomic E-state index is 0.0376. The van der Waals surface area contributed by atoms with Gasteiger partial charge in [-0.2, -0.15) is 5.10 Å². The Morgan fingerprint density at radius 1 is 1.52 bits per heavy atom. The number of hydrogen-bond acceptors (Lipinski definition) is 3. The van der Waals surface area contributed by atoms with Gasteiger partial charge in [-0.25, -0.2) is 5.43 Å². The Morgan fingerprint density at radius 3 is 3.04 bits per heavy atom. The van der Waals surface area contributed by atoms with Gasteiger partial charge in [0.25, 0.3) is 0 Å². The van der Waals surface area contributed by atoms with Crippen molar-refractivity contribution in [3.63, 3.8) is 0 Å². The van der Waals surface area contributed by atoms with E-state index in [1.165, 1.54) is 19.3 Å². The van der Waals surface area contributed by atoms with E-state index in [2.05, 4.69) is 17.5 Å². The molecule has 0 unspecified atom stereocenters. The lowest BCUT2D eigenvalue weighted by Gasteiger charge is -2.15. The Labute approximate surface area is 142 Å². The van der Waals surface area contributed by atoms with E-state index < -0.39 is 0 Å². The van der Waals surface area contributed by atoms with E-state index in [0.717, 1.165) is 12.0 Å². The number of benzene rings is 1. The standard InChI is InChI=1S/C18H23ClN2O2/c1-3-23-15-8-7-13(19)10-12(15)11-20-21-17(22)16-14-6-4-5-9-18(14,16)2/h7-8,10-11,14,16H,3-6,9H2,1-2H3,(H,21,22)/b20-11-/t14-,16+,18+/m1/s1. The van der Waals surface area contributed by atoms with Gasteiger partial charge in [-0.3, -0.25) is 4.79 Å². The second-order valence-corrected chi connectivity index (χ2v) is 7.12. The predicted molar refractivity (Wildman–Crippen MR) is 91.9 cm³/mol. The van der Waals surface area contributed by atoms with Crippen molar-refractivity contribution in [2.24, 2.45) is 22.4 Å². The summed E-state index contributed by atoms with van der Waals surface area (Å²) in [4.78, 5) is 12.4. The van der Waals surface area contributed by atoms with E-state index in [1.807, 2.05) is 13.0 Å². The van der Waals surface area contributed by atoms with Crippen LogP contribution in [0.1, 0.15) is 45.1 Å². The van der Waals surface area contributed by atoms with Crippen molar-refractivity contribution in [2.75, 3.05) is 6.61 Å². The maximum absolute atomic E-state index is 12.4.